The van der Waals surface area contributed by atoms with E-state index in [-0.39, 0.29) is 27.0 Å². The van der Waals surface area contributed by atoms with Crippen molar-refractivity contribution >= 4 is 89.6 Å². The van der Waals surface area contributed by atoms with Gasteiger partial charge < -0.3 is 9.13 Å². The van der Waals surface area contributed by atoms with Gasteiger partial charge in [-0.05, 0) is 105 Å². The van der Waals surface area contributed by atoms with Crippen LogP contribution in [0.2, 0.25) is 0 Å². The number of alkyl halides is 2. The molecule has 0 radical (unpaired) electrons. The first-order valence-electron chi connectivity index (χ1n) is 18.8. The molecule has 0 aliphatic heterocycles. The van der Waals surface area contributed by atoms with Crippen molar-refractivity contribution < 1.29 is 0 Å². The van der Waals surface area contributed by atoms with E-state index in [2.05, 4.69) is 177 Å². The summed E-state index contributed by atoms with van der Waals surface area (Å²) in [5.41, 5.74) is 14.2. The van der Waals surface area contributed by atoms with Gasteiger partial charge in [-0.15, -0.1) is 23.2 Å². The predicted octanol–water partition coefficient (Wildman–Crippen LogP) is 14.5. The molecule has 0 aliphatic carbocycles. The van der Waals surface area contributed by atoms with Crippen molar-refractivity contribution in [1.82, 2.24) is 17.9 Å². The minimum Gasteiger partial charge on any atom is -0.307 e. The summed E-state index contributed by atoms with van der Waals surface area (Å²) in [5, 5.41) is 5.29. The lowest BCUT2D eigenvalue weighted by Gasteiger charge is -2.19. The molecule has 280 valence electrons. The highest BCUT2D eigenvalue weighted by atomic mass is 35.5. The summed E-state index contributed by atoms with van der Waals surface area (Å²) in [6.07, 6.45) is 0. The fourth-order valence-corrected chi connectivity index (χ4v) is 8.20. The molecule has 3 aromatic heterocycles. The summed E-state index contributed by atoms with van der Waals surface area (Å²) in [5.74, 6) is 0. The maximum atomic E-state index is 5.02. The molecular weight excluding hydrogens is 724 g/mol. The molecule has 54 heavy (non-hydrogen) atoms. The van der Waals surface area contributed by atoms with Crippen molar-refractivity contribution in [3.8, 4) is 11.4 Å². The van der Waals surface area contributed by atoms with Gasteiger partial charge in [-0.1, -0.05) is 107 Å². The minimum absolute atomic E-state index is 0.0433. The molecule has 0 bridgehead atoms. The highest BCUT2D eigenvalue weighted by Gasteiger charge is 2.25. The van der Waals surface area contributed by atoms with E-state index in [4.69, 9.17) is 31.9 Å². The summed E-state index contributed by atoms with van der Waals surface area (Å²) in [4.78, 5) is 0. The fraction of sp³-hybridized carbons (Fsp3) is 0.362. The molecular formula is C47H52Cl2N4S. The van der Waals surface area contributed by atoms with E-state index >= 15 is 0 Å². The maximum absolute atomic E-state index is 5.02. The molecule has 0 saturated carbocycles. The van der Waals surface area contributed by atoms with E-state index in [0.29, 0.717) is 0 Å². The van der Waals surface area contributed by atoms with Crippen molar-refractivity contribution in [3.63, 3.8) is 0 Å². The molecule has 8 rings (SSSR count). The Kier molecular flexibility index (Phi) is 9.52. The van der Waals surface area contributed by atoms with Crippen LogP contribution < -0.4 is 0 Å². The Morgan fingerprint density at radius 3 is 0.889 bits per heavy atom. The topological polar surface area (TPSA) is 35.6 Å². The Morgan fingerprint density at radius 1 is 0.426 bits per heavy atom. The van der Waals surface area contributed by atoms with Crippen LogP contribution >= 0.6 is 34.9 Å². The highest BCUT2D eigenvalue weighted by molar-refractivity contribution is 7.00. The average molecular weight is 776 g/mol. The summed E-state index contributed by atoms with van der Waals surface area (Å²) < 4.78 is 14.9. The lowest BCUT2D eigenvalue weighted by molar-refractivity contribution is 0.590. The zero-order valence-electron chi connectivity index (χ0n) is 33.7. The van der Waals surface area contributed by atoms with Gasteiger partial charge in [-0.2, -0.15) is 8.75 Å². The molecule has 0 amide bonds. The normalized spacial score (nSPS) is 13.1. The SMILES string of the molecule is CC(C)(C)c1ccc2c(c1)c1cc(C(C)(C)C)ccc1n2-c1ccc(-n2c3ccc(C(C)(C)C)cc3c3cc(C(C)(C)C)ccc32)c2nsnc12.ClCCl. The zero-order chi connectivity index (χ0) is 39.1. The van der Waals surface area contributed by atoms with Crippen molar-refractivity contribution in [3.05, 3.63) is 107 Å². The maximum Gasteiger partial charge on any atom is 0.130 e. The Morgan fingerprint density at radius 2 is 0.667 bits per heavy atom. The number of hydrogen-bond donors (Lipinski definition) is 0. The predicted molar refractivity (Wildman–Crippen MR) is 237 cm³/mol. The number of benzene rings is 5. The summed E-state index contributed by atoms with van der Waals surface area (Å²) in [6.45, 7) is 27.5. The average Bonchev–Trinajstić information content (AvgIpc) is 3.79. The molecule has 8 aromatic rings. The van der Waals surface area contributed by atoms with Crippen molar-refractivity contribution in [2.45, 2.75) is 105 Å². The van der Waals surface area contributed by atoms with Crippen molar-refractivity contribution in [2.24, 2.45) is 0 Å². The van der Waals surface area contributed by atoms with Crippen molar-refractivity contribution in [2.75, 3.05) is 5.34 Å². The van der Waals surface area contributed by atoms with Crippen LogP contribution in [0.25, 0.3) is 66.0 Å². The van der Waals surface area contributed by atoms with Crippen LogP contribution in [0.5, 0.6) is 0 Å². The van der Waals surface area contributed by atoms with Crippen LogP contribution in [-0.4, -0.2) is 23.2 Å². The Labute approximate surface area is 334 Å². The van der Waals surface area contributed by atoms with Crippen LogP contribution in [0.1, 0.15) is 105 Å². The molecule has 0 aliphatic rings. The standard InChI is InChI=1S/C46H50N4S.CH2Cl2/c1-43(2,3)27-13-17-35-31(23-27)32-24-28(44(4,5)6)14-18-36(32)49(35)39-21-22-40(42-41(39)47-51-48-42)50-37-19-15-29(45(7,8)9)25-33(37)34-26-30(46(10,11)12)16-20-38(34)50;2-1-3/h13-26H,1-12H3;1H2. The molecule has 0 fully saturated rings. The smallest absolute Gasteiger partial charge is 0.130 e. The lowest BCUT2D eigenvalue weighted by Crippen LogP contribution is -2.10. The van der Waals surface area contributed by atoms with E-state index in [0.717, 1.165) is 22.4 Å². The number of hydrogen-bond acceptors (Lipinski definition) is 3. The van der Waals surface area contributed by atoms with Crippen LogP contribution in [0, 0.1) is 0 Å². The molecule has 3 heterocycles. The van der Waals surface area contributed by atoms with Crippen LogP contribution in [-0.2, 0) is 21.7 Å². The highest BCUT2D eigenvalue weighted by Crippen LogP contribution is 2.42. The van der Waals surface area contributed by atoms with Gasteiger partial charge in [0, 0.05) is 21.5 Å². The molecule has 0 atom stereocenters. The molecule has 4 nitrogen and oxygen atoms in total. The second kappa shape index (κ2) is 13.4. The quantitative estimate of drug-likeness (QED) is 0.164. The number of halogens is 2. The molecule has 0 unspecified atom stereocenters. The van der Waals surface area contributed by atoms with E-state index in [9.17, 15) is 0 Å². The first-order valence-corrected chi connectivity index (χ1v) is 20.6. The molecule has 0 N–H and O–H groups in total. The summed E-state index contributed by atoms with van der Waals surface area (Å²) in [6, 6.07) is 32.5. The van der Waals surface area contributed by atoms with Gasteiger partial charge in [0.15, 0.2) is 0 Å². The van der Waals surface area contributed by atoms with Gasteiger partial charge >= 0.3 is 0 Å². The van der Waals surface area contributed by atoms with Gasteiger partial charge in [0.2, 0.25) is 0 Å². The number of nitrogens with zero attached hydrogens (tertiary/aromatic N) is 4. The van der Waals surface area contributed by atoms with Gasteiger partial charge in [-0.3, -0.25) is 0 Å². The van der Waals surface area contributed by atoms with Crippen LogP contribution in [0.15, 0.2) is 84.9 Å². The van der Waals surface area contributed by atoms with Crippen LogP contribution in [0.3, 0.4) is 0 Å². The summed E-state index contributed by atoms with van der Waals surface area (Å²) in [7, 11) is 0. The monoisotopic (exact) mass is 774 g/mol. The number of rotatable bonds is 2. The first kappa shape index (κ1) is 38.4. The fourth-order valence-electron chi connectivity index (χ4n) is 7.63. The van der Waals surface area contributed by atoms with E-state index in [1.165, 1.54) is 77.6 Å². The summed E-state index contributed by atoms with van der Waals surface area (Å²) >= 11 is 10.8. The second-order valence-corrected chi connectivity index (χ2v) is 20.1. The van der Waals surface area contributed by atoms with Crippen LogP contribution in [0.4, 0.5) is 0 Å². The number of fused-ring (bicyclic) bond motifs is 7. The van der Waals surface area contributed by atoms with E-state index in [1.807, 2.05) is 0 Å². The lowest BCUT2D eigenvalue weighted by atomic mass is 9.85. The number of aromatic nitrogens is 4. The third-order valence-electron chi connectivity index (χ3n) is 10.8. The van der Waals surface area contributed by atoms with Gasteiger partial charge in [0.05, 0.1) is 50.5 Å². The molecule has 7 heteroatoms. The van der Waals surface area contributed by atoms with E-state index in [1.54, 1.807) is 0 Å². The largest absolute Gasteiger partial charge is 0.307 e. The zero-order valence-corrected chi connectivity index (χ0v) is 36.1. The first-order chi connectivity index (χ1) is 25.2. The molecule has 0 saturated heterocycles. The third kappa shape index (κ3) is 6.61. The van der Waals surface area contributed by atoms with Gasteiger partial charge in [-0.25, -0.2) is 0 Å². The Hall–Kier alpha value is -3.90. The van der Waals surface area contributed by atoms with Gasteiger partial charge in [0.1, 0.15) is 11.0 Å². The minimum atomic E-state index is 0.0433. The molecule has 0 spiro atoms. The third-order valence-corrected chi connectivity index (χ3v) is 11.4. The van der Waals surface area contributed by atoms with Crippen molar-refractivity contribution in [1.29, 1.82) is 0 Å². The van der Waals surface area contributed by atoms with E-state index < -0.39 is 0 Å². The Balaban J connectivity index is 0.00000145. The Bertz CT molecular complexity index is 2370. The molecule has 5 aromatic carbocycles. The second-order valence-electron chi connectivity index (χ2n) is 18.8. The van der Waals surface area contributed by atoms with Gasteiger partial charge in [0.25, 0.3) is 0 Å².